The number of amides is 1. The summed E-state index contributed by atoms with van der Waals surface area (Å²) in [6.45, 7) is 6.81. The number of carbonyl (C=O) groups excluding carboxylic acids is 1. The standard InChI is InChI=1S/C16H24N8O2/c1-12-7-23(8-13(2)26-12)10-15-19-20-21-24(15)11-16(25)22(3)9-14-6-17-4-5-18-14/h4-6,12-13H,7-11H2,1-3H3/t12-,13+. The molecule has 0 N–H and O–H groups in total. The third-order valence-corrected chi connectivity index (χ3v) is 4.19. The molecule has 10 heteroatoms. The zero-order valence-electron chi connectivity index (χ0n) is 15.3. The van der Waals surface area contributed by atoms with Crippen LogP contribution in [-0.4, -0.2) is 78.2 Å². The Balaban J connectivity index is 1.58. The van der Waals surface area contributed by atoms with E-state index in [4.69, 9.17) is 4.74 Å². The molecule has 1 amide bonds. The highest BCUT2D eigenvalue weighted by Crippen LogP contribution is 2.13. The molecule has 26 heavy (non-hydrogen) atoms. The molecule has 140 valence electrons. The fourth-order valence-corrected chi connectivity index (χ4v) is 3.06. The summed E-state index contributed by atoms with van der Waals surface area (Å²) in [4.78, 5) is 24.5. The number of hydrogen-bond acceptors (Lipinski definition) is 8. The second kappa shape index (κ2) is 8.28. The predicted molar refractivity (Wildman–Crippen MR) is 91.6 cm³/mol. The molecule has 3 heterocycles. The normalized spacial score (nSPS) is 20.9. The van der Waals surface area contributed by atoms with Gasteiger partial charge >= 0.3 is 0 Å². The first-order chi connectivity index (χ1) is 12.5. The summed E-state index contributed by atoms with van der Waals surface area (Å²) in [7, 11) is 1.73. The molecule has 2 aromatic heterocycles. The summed E-state index contributed by atoms with van der Waals surface area (Å²) in [6.07, 6.45) is 5.20. The van der Waals surface area contributed by atoms with Gasteiger partial charge in [-0.2, -0.15) is 0 Å². The lowest BCUT2D eigenvalue weighted by Crippen LogP contribution is -2.45. The van der Waals surface area contributed by atoms with Crippen LogP contribution in [-0.2, 0) is 29.2 Å². The third kappa shape index (κ3) is 4.79. The van der Waals surface area contributed by atoms with Crippen LogP contribution in [0.25, 0.3) is 0 Å². The van der Waals surface area contributed by atoms with E-state index in [1.165, 1.54) is 0 Å². The van der Waals surface area contributed by atoms with Gasteiger partial charge in [-0.05, 0) is 24.3 Å². The Morgan fingerprint density at radius 3 is 2.77 bits per heavy atom. The van der Waals surface area contributed by atoms with Crippen molar-refractivity contribution in [3.8, 4) is 0 Å². The van der Waals surface area contributed by atoms with Crippen molar-refractivity contribution in [2.75, 3.05) is 20.1 Å². The molecule has 0 aromatic carbocycles. The highest BCUT2D eigenvalue weighted by Gasteiger charge is 2.24. The number of nitrogens with zero attached hydrogens (tertiary/aromatic N) is 8. The molecule has 1 saturated heterocycles. The van der Waals surface area contributed by atoms with Gasteiger partial charge in [0, 0.05) is 32.5 Å². The largest absolute Gasteiger partial charge is 0.373 e. The number of likely N-dealkylation sites (N-methyl/N-ethyl adjacent to an activating group) is 1. The van der Waals surface area contributed by atoms with E-state index in [1.54, 1.807) is 35.2 Å². The van der Waals surface area contributed by atoms with Gasteiger partial charge in [0.15, 0.2) is 5.82 Å². The van der Waals surface area contributed by atoms with Crippen molar-refractivity contribution in [2.45, 2.75) is 45.7 Å². The quantitative estimate of drug-likeness (QED) is 0.694. The second-order valence-corrected chi connectivity index (χ2v) is 6.65. The van der Waals surface area contributed by atoms with Gasteiger partial charge in [0.25, 0.3) is 0 Å². The Bertz CT molecular complexity index is 712. The minimum Gasteiger partial charge on any atom is -0.373 e. The average molecular weight is 360 g/mol. The topological polar surface area (TPSA) is 102 Å². The summed E-state index contributed by atoms with van der Waals surface area (Å²) < 4.78 is 7.30. The Morgan fingerprint density at radius 2 is 2.08 bits per heavy atom. The van der Waals surface area contributed by atoms with Crippen molar-refractivity contribution in [3.63, 3.8) is 0 Å². The average Bonchev–Trinajstić information content (AvgIpc) is 3.01. The number of ether oxygens (including phenoxy) is 1. The van der Waals surface area contributed by atoms with Gasteiger partial charge in [-0.1, -0.05) is 0 Å². The van der Waals surface area contributed by atoms with Gasteiger partial charge in [0.1, 0.15) is 6.54 Å². The summed E-state index contributed by atoms with van der Waals surface area (Å²) in [5, 5.41) is 11.8. The first-order valence-electron chi connectivity index (χ1n) is 8.63. The van der Waals surface area contributed by atoms with E-state index in [0.29, 0.717) is 18.9 Å². The first-order valence-corrected chi connectivity index (χ1v) is 8.63. The lowest BCUT2D eigenvalue weighted by atomic mass is 10.2. The van der Waals surface area contributed by atoms with Crippen LogP contribution in [0.5, 0.6) is 0 Å². The molecule has 0 unspecified atom stereocenters. The maximum absolute atomic E-state index is 12.5. The minimum absolute atomic E-state index is 0.0899. The van der Waals surface area contributed by atoms with E-state index in [-0.39, 0.29) is 24.7 Å². The van der Waals surface area contributed by atoms with E-state index in [1.807, 2.05) is 0 Å². The number of aromatic nitrogens is 6. The van der Waals surface area contributed by atoms with Gasteiger partial charge in [-0.15, -0.1) is 5.10 Å². The summed E-state index contributed by atoms with van der Waals surface area (Å²) in [5.74, 6) is 0.584. The third-order valence-electron chi connectivity index (χ3n) is 4.19. The molecule has 2 atom stereocenters. The van der Waals surface area contributed by atoms with Crippen LogP contribution in [0, 0.1) is 0 Å². The number of rotatable bonds is 6. The summed E-state index contributed by atoms with van der Waals surface area (Å²) >= 11 is 0. The van der Waals surface area contributed by atoms with Gasteiger partial charge < -0.3 is 9.64 Å². The molecule has 0 radical (unpaired) electrons. The van der Waals surface area contributed by atoms with Crippen molar-refractivity contribution >= 4 is 5.91 Å². The van der Waals surface area contributed by atoms with Gasteiger partial charge in [-0.25, -0.2) is 4.68 Å². The van der Waals surface area contributed by atoms with Crippen molar-refractivity contribution in [3.05, 3.63) is 30.1 Å². The molecule has 0 spiro atoms. The van der Waals surface area contributed by atoms with Crippen molar-refractivity contribution in [1.29, 1.82) is 0 Å². The van der Waals surface area contributed by atoms with Crippen molar-refractivity contribution in [1.82, 2.24) is 40.0 Å². The Kier molecular flexibility index (Phi) is 5.84. The molecule has 1 aliphatic heterocycles. The SMILES string of the molecule is C[C@@H]1CN(Cc2nnnn2CC(=O)N(C)Cc2cnccn2)C[C@H](C)O1. The maximum Gasteiger partial charge on any atom is 0.244 e. The van der Waals surface area contributed by atoms with Crippen LogP contribution in [0.3, 0.4) is 0 Å². The highest BCUT2D eigenvalue weighted by molar-refractivity contribution is 5.75. The fourth-order valence-electron chi connectivity index (χ4n) is 3.06. The monoisotopic (exact) mass is 360 g/mol. The number of carbonyl (C=O) groups is 1. The number of morpholine rings is 1. The molecular weight excluding hydrogens is 336 g/mol. The minimum atomic E-state index is -0.0899. The predicted octanol–water partition coefficient (Wildman–Crippen LogP) is -0.269. The molecule has 10 nitrogen and oxygen atoms in total. The molecule has 1 fully saturated rings. The lowest BCUT2D eigenvalue weighted by molar-refractivity contribution is -0.131. The van der Waals surface area contributed by atoms with E-state index < -0.39 is 0 Å². The fraction of sp³-hybridized carbons (Fsp3) is 0.625. The molecule has 1 aliphatic rings. The molecule has 3 rings (SSSR count). The Hall–Kier alpha value is -2.46. The Morgan fingerprint density at radius 1 is 1.31 bits per heavy atom. The zero-order chi connectivity index (χ0) is 18.5. The van der Waals surface area contributed by atoms with Crippen molar-refractivity contribution < 1.29 is 9.53 Å². The smallest absolute Gasteiger partial charge is 0.244 e. The van der Waals surface area contributed by atoms with Crippen LogP contribution in [0.2, 0.25) is 0 Å². The number of tetrazole rings is 1. The zero-order valence-corrected chi connectivity index (χ0v) is 15.3. The van der Waals surface area contributed by atoms with Crippen LogP contribution in [0.4, 0.5) is 0 Å². The first kappa shape index (κ1) is 18.3. The number of hydrogen-bond donors (Lipinski definition) is 0. The lowest BCUT2D eigenvalue weighted by Gasteiger charge is -2.34. The summed E-state index contributed by atoms with van der Waals surface area (Å²) in [5.41, 5.74) is 0.733. The van der Waals surface area contributed by atoms with Crippen molar-refractivity contribution in [2.24, 2.45) is 0 Å². The summed E-state index contributed by atoms with van der Waals surface area (Å²) in [6, 6.07) is 0. The molecular formula is C16H24N8O2. The van der Waals surface area contributed by atoms with Crippen LogP contribution in [0.1, 0.15) is 25.4 Å². The van der Waals surface area contributed by atoms with Crippen LogP contribution >= 0.6 is 0 Å². The van der Waals surface area contributed by atoms with Crippen LogP contribution in [0.15, 0.2) is 18.6 Å². The molecule has 0 saturated carbocycles. The molecule has 0 bridgehead atoms. The van der Waals surface area contributed by atoms with Crippen LogP contribution < -0.4 is 0 Å². The maximum atomic E-state index is 12.5. The van der Waals surface area contributed by atoms with E-state index in [2.05, 4.69) is 44.2 Å². The Labute approximate surface area is 152 Å². The van der Waals surface area contributed by atoms with E-state index in [0.717, 1.165) is 18.8 Å². The highest BCUT2D eigenvalue weighted by atomic mass is 16.5. The molecule has 2 aromatic rings. The molecule has 0 aliphatic carbocycles. The van der Waals surface area contributed by atoms with E-state index >= 15 is 0 Å². The van der Waals surface area contributed by atoms with Gasteiger partial charge in [0.05, 0.1) is 37.2 Å². The van der Waals surface area contributed by atoms with Gasteiger partial charge in [-0.3, -0.25) is 19.7 Å². The van der Waals surface area contributed by atoms with Gasteiger partial charge in [0.2, 0.25) is 5.91 Å². The van der Waals surface area contributed by atoms with E-state index in [9.17, 15) is 4.79 Å². The second-order valence-electron chi connectivity index (χ2n) is 6.65.